The van der Waals surface area contributed by atoms with Crippen molar-refractivity contribution in [3.05, 3.63) is 29.0 Å². The summed E-state index contributed by atoms with van der Waals surface area (Å²) >= 11 is 9.19. The molecular formula is C7H7BrClN. The summed E-state index contributed by atoms with van der Waals surface area (Å²) < 4.78 is 0. The van der Waals surface area contributed by atoms with Crippen LogP contribution in [0, 0.1) is 0 Å². The lowest BCUT2D eigenvalue weighted by Crippen LogP contribution is -1.86. The molecule has 0 saturated heterocycles. The van der Waals surface area contributed by atoms with Gasteiger partial charge in [-0.1, -0.05) is 33.6 Å². The molecule has 1 aromatic rings. The first-order chi connectivity index (χ1) is 4.72. The predicted molar refractivity (Wildman–Crippen MR) is 46.6 cm³/mol. The molecule has 10 heavy (non-hydrogen) atoms. The molecule has 0 amide bonds. The van der Waals surface area contributed by atoms with E-state index in [1.165, 1.54) is 0 Å². The van der Waals surface area contributed by atoms with Crippen molar-refractivity contribution in [3.8, 4) is 0 Å². The van der Waals surface area contributed by atoms with Crippen molar-refractivity contribution in [1.29, 1.82) is 0 Å². The van der Waals surface area contributed by atoms with Crippen molar-refractivity contribution in [1.82, 2.24) is 4.98 Å². The highest BCUT2D eigenvalue weighted by Gasteiger charge is 2.04. The first-order valence-electron chi connectivity index (χ1n) is 2.96. The minimum absolute atomic E-state index is 0.272. The number of alkyl halides is 1. The Hall–Kier alpha value is -0.0800. The molecule has 1 rings (SSSR count). The Balaban J connectivity index is 3.03. The first-order valence-corrected chi connectivity index (χ1v) is 4.25. The fourth-order valence-electron chi connectivity index (χ4n) is 0.695. The second-order valence-corrected chi connectivity index (χ2v) is 3.73. The summed E-state index contributed by atoms with van der Waals surface area (Å²) in [7, 11) is 0. The minimum atomic E-state index is 0.272. The van der Waals surface area contributed by atoms with E-state index in [1.807, 2.05) is 19.1 Å². The second kappa shape index (κ2) is 3.35. The molecule has 0 aliphatic heterocycles. The van der Waals surface area contributed by atoms with E-state index < -0.39 is 0 Å². The maximum atomic E-state index is 5.78. The van der Waals surface area contributed by atoms with Crippen molar-refractivity contribution in [2.75, 3.05) is 0 Å². The minimum Gasteiger partial charge on any atom is -0.244 e. The van der Waals surface area contributed by atoms with Gasteiger partial charge in [0.2, 0.25) is 0 Å². The van der Waals surface area contributed by atoms with E-state index in [2.05, 4.69) is 20.9 Å². The Bertz CT molecular complexity index is 225. The number of pyridine rings is 1. The van der Waals surface area contributed by atoms with Crippen molar-refractivity contribution in [2.45, 2.75) is 11.8 Å². The number of halogens is 2. The monoisotopic (exact) mass is 219 g/mol. The maximum Gasteiger partial charge on any atom is 0.133 e. The van der Waals surface area contributed by atoms with Crippen LogP contribution in [0.5, 0.6) is 0 Å². The largest absolute Gasteiger partial charge is 0.244 e. The third-order valence-electron chi connectivity index (χ3n) is 1.22. The van der Waals surface area contributed by atoms with Gasteiger partial charge in [0.15, 0.2) is 0 Å². The smallest absolute Gasteiger partial charge is 0.133 e. The summed E-state index contributed by atoms with van der Waals surface area (Å²) in [5, 5.41) is 0.576. The molecular weight excluding hydrogens is 213 g/mol. The van der Waals surface area contributed by atoms with Gasteiger partial charge in [0.1, 0.15) is 5.15 Å². The molecule has 54 valence electrons. The summed E-state index contributed by atoms with van der Waals surface area (Å²) in [6.07, 6.45) is 1.68. The molecule has 0 saturated carbocycles. The highest BCUT2D eigenvalue weighted by molar-refractivity contribution is 9.09. The number of nitrogens with zero attached hydrogens (tertiary/aromatic N) is 1. The first kappa shape index (κ1) is 8.02. The Morgan fingerprint density at radius 1 is 1.70 bits per heavy atom. The number of rotatable bonds is 1. The molecule has 1 atom stereocenters. The molecule has 3 heteroatoms. The van der Waals surface area contributed by atoms with Crippen LogP contribution in [-0.2, 0) is 0 Å². The van der Waals surface area contributed by atoms with Gasteiger partial charge in [-0.15, -0.1) is 0 Å². The molecule has 0 fully saturated rings. The number of aromatic nitrogens is 1. The molecule has 1 nitrogen and oxygen atoms in total. The van der Waals surface area contributed by atoms with Crippen LogP contribution in [0.4, 0.5) is 0 Å². The lowest BCUT2D eigenvalue weighted by atomic mass is 10.2. The Labute approximate surface area is 73.6 Å². The van der Waals surface area contributed by atoms with Gasteiger partial charge in [-0.25, -0.2) is 4.98 Å². The highest BCUT2D eigenvalue weighted by Crippen LogP contribution is 2.26. The molecule has 0 spiro atoms. The molecule has 1 aromatic heterocycles. The third kappa shape index (κ3) is 1.70. The zero-order chi connectivity index (χ0) is 7.56. The van der Waals surface area contributed by atoms with Crippen LogP contribution in [0.2, 0.25) is 5.15 Å². The normalized spacial score (nSPS) is 13.1. The van der Waals surface area contributed by atoms with Crippen molar-refractivity contribution >= 4 is 27.5 Å². The fraction of sp³-hybridized carbons (Fsp3) is 0.286. The van der Waals surface area contributed by atoms with E-state index in [1.54, 1.807) is 6.20 Å². The molecule has 0 radical (unpaired) electrons. The average Bonchev–Trinajstić information content (AvgIpc) is 1.88. The highest BCUT2D eigenvalue weighted by atomic mass is 79.9. The lowest BCUT2D eigenvalue weighted by molar-refractivity contribution is 1.09. The summed E-state index contributed by atoms with van der Waals surface area (Å²) in [5.41, 5.74) is 1.03. The summed E-state index contributed by atoms with van der Waals surface area (Å²) in [6.45, 7) is 2.02. The molecule has 1 heterocycles. The molecule has 0 N–H and O–H groups in total. The summed E-state index contributed by atoms with van der Waals surface area (Å²) in [4.78, 5) is 4.21. The van der Waals surface area contributed by atoms with E-state index in [4.69, 9.17) is 11.6 Å². The SMILES string of the molecule is C[C@H](Br)c1cccnc1Cl. The maximum absolute atomic E-state index is 5.78. The predicted octanol–water partition coefficient (Wildman–Crippen LogP) is 3.19. The van der Waals surface area contributed by atoms with E-state index in [9.17, 15) is 0 Å². The molecule has 0 unspecified atom stereocenters. The van der Waals surface area contributed by atoms with Crippen LogP contribution >= 0.6 is 27.5 Å². The summed E-state index contributed by atoms with van der Waals surface area (Å²) in [5.74, 6) is 0. The van der Waals surface area contributed by atoms with E-state index >= 15 is 0 Å². The Kier molecular flexibility index (Phi) is 2.69. The zero-order valence-corrected chi connectivity index (χ0v) is 7.85. The van der Waals surface area contributed by atoms with Crippen molar-refractivity contribution in [3.63, 3.8) is 0 Å². The Morgan fingerprint density at radius 2 is 2.40 bits per heavy atom. The van der Waals surface area contributed by atoms with E-state index in [0.717, 1.165) is 5.56 Å². The fourth-order valence-corrected chi connectivity index (χ4v) is 1.48. The molecule has 0 aliphatic carbocycles. The van der Waals surface area contributed by atoms with Crippen LogP contribution in [0.25, 0.3) is 0 Å². The van der Waals surface area contributed by atoms with Gasteiger partial charge >= 0.3 is 0 Å². The average molecular weight is 220 g/mol. The number of hydrogen-bond acceptors (Lipinski definition) is 1. The topological polar surface area (TPSA) is 12.9 Å². The van der Waals surface area contributed by atoms with Gasteiger partial charge in [-0.05, 0) is 13.0 Å². The van der Waals surface area contributed by atoms with Crippen molar-refractivity contribution in [2.24, 2.45) is 0 Å². The third-order valence-corrected chi connectivity index (χ3v) is 2.03. The zero-order valence-electron chi connectivity index (χ0n) is 5.51. The van der Waals surface area contributed by atoms with Gasteiger partial charge < -0.3 is 0 Å². The van der Waals surface area contributed by atoms with E-state index in [-0.39, 0.29) is 4.83 Å². The quantitative estimate of drug-likeness (QED) is 0.523. The van der Waals surface area contributed by atoms with Gasteiger partial charge in [0.05, 0.1) is 0 Å². The standard InChI is InChI=1S/C7H7BrClN/c1-5(8)6-3-2-4-10-7(6)9/h2-5H,1H3/t5-/m0/s1. The second-order valence-electron chi connectivity index (χ2n) is 2.00. The van der Waals surface area contributed by atoms with Crippen LogP contribution in [-0.4, -0.2) is 4.98 Å². The summed E-state index contributed by atoms with van der Waals surface area (Å²) in [6, 6.07) is 3.83. The van der Waals surface area contributed by atoms with Crippen LogP contribution in [0.1, 0.15) is 17.3 Å². The number of hydrogen-bond donors (Lipinski definition) is 0. The van der Waals surface area contributed by atoms with Gasteiger partial charge in [-0.2, -0.15) is 0 Å². The molecule has 0 aromatic carbocycles. The van der Waals surface area contributed by atoms with Gasteiger partial charge in [-0.3, -0.25) is 0 Å². The van der Waals surface area contributed by atoms with E-state index in [0.29, 0.717) is 5.15 Å². The molecule has 0 bridgehead atoms. The lowest BCUT2D eigenvalue weighted by Gasteiger charge is -2.02. The van der Waals surface area contributed by atoms with Crippen LogP contribution in [0.15, 0.2) is 18.3 Å². The van der Waals surface area contributed by atoms with Gasteiger partial charge in [0.25, 0.3) is 0 Å². The Morgan fingerprint density at radius 3 is 2.80 bits per heavy atom. The van der Waals surface area contributed by atoms with Crippen LogP contribution < -0.4 is 0 Å². The van der Waals surface area contributed by atoms with Crippen LogP contribution in [0.3, 0.4) is 0 Å². The van der Waals surface area contributed by atoms with Crippen molar-refractivity contribution < 1.29 is 0 Å². The molecule has 0 aliphatic rings. The van der Waals surface area contributed by atoms with Gasteiger partial charge in [0, 0.05) is 16.6 Å².